The smallest absolute Gasteiger partial charge is 0.292 e. The van der Waals surface area contributed by atoms with E-state index in [4.69, 9.17) is 4.52 Å². The summed E-state index contributed by atoms with van der Waals surface area (Å²) in [6, 6.07) is 1.88. The van der Waals surface area contributed by atoms with Crippen molar-refractivity contribution in [3.8, 4) is 0 Å². The van der Waals surface area contributed by atoms with Gasteiger partial charge in [-0.1, -0.05) is 24.4 Å². The number of hydrogen-bond donors (Lipinski definition) is 1. The number of nitrogens with zero attached hydrogens (tertiary/aromatic N) is 3. The van der Waals surface area contributed by atoms with E-state index < -0.39 is 0 Å². The Kier molecular flexibility index (Phi) is 4.59. The van der Waals surface area contributed by atoms with Crippen molar-refractivity contribution in [2.75, 3.05) is 13.1 Å². The van der Waals surface area contributed by atoms with Gasteiger partial charge in [-0.3, -0.25) is 9.89 Å². The highest BCUT2D eigenvalue weighted by Crippen LogP contribution is 2.33. The Labute approximate surface area is 148 Å². The first-order chi connectivity index (χ1) is 12.2. The van der Waals surface area contributed by atoms with Crippen LogP contribution in [0.1, 0.15) is 84.3 Å². The Morgan fingerprint density at radius 3 is 2.76 bits per heavy atom. The van der Waals surface area contributed by atoms with Gasteiger partial charge in [0, 0.05) is 36.7 Å². The summed E-state index contributed by atoms with van der Waals surface area (Å²) in [5, 5.41) is 11.4. The summed E-state index contributed by atoms with van der Waals surface area (Å²) in [6.45, 7) is 3.55. The zero-order valence-corrected chi connectivity index (χ0v) is 14.8. The monoisotopic (exact) mass is 342 g/mol. The first-order valence-corrected chi connectivity index (χ1v) is 9.48. The maximum Gasteiger partial charge on any atom is 0.292 e. The summed E-state index contributed by atoms with van der Waals surface area (Å²) < 4.78 is 5.42. The van der Waals surface area contributed by atoms with E-state index in [1.165, 1.54) is 24.8 Å². The number of aromatic amines is 1. The van der Waals surface area contributed by atoms with E-state index in [-0.39, 0.29) is 5.91 Å². The van der Waals surface area contributed by atoms with Crippen LogP contribution in [-0.2, 0) is 0 Å². The molecule has 6 nitrogen and oxygen atoms in total. The zero-order valence-electron chi connectivity index (χ0n) is 14.8. The molecule has 3 heterocycles. The van der Waals surface area contributed by atoms with Gasteiger partial charge in [0.2, 0.25) is 5.76 Å². The SMILES string of the molecule is Cc1cn[nH]c1[C@H]1CCCN(C(=O)c2cc(C3CCCCC3)no2)C1. The van der Waals surface area contributed by atoms with Gasteiger partial charge in [0.05, 0.1) is 11.9 Å². The molecule has 2 aromatic rings. The van der Waals surface area contributed by atoms with E-state index in [1.54, 1.807) is 0 Å². The van der Waals surface area contributed by atoms with Crippen LogP contribution in [0.5, 0.6) is 0 Å². The first kappa shape index (κ1) is 16.4. The third kappa shape index (κ3) is 3.34. The maximum absolute atomic E-state index is 12.9. The molecule has 0 bridgehead atoms. The molecular formula is C19H26N4O2. The molecule has 2 fully saturated rings. The van der Waals surface area contributed by atoms with E-state index >= 15 is 0 Å². The standard InChI is InChI=1S/C19H26N4O2/c1-13-11-20-21-18(13)15-8-5-9-23(12-15)19(24)17-10-16(22-25-17)14-6-3-2-4-7-14/h10-11,14-15H,2-9,12H2,1H3,(H,20,21)/t15-/m0/s1. The van der Waals surface area contributed by atoms with Gasteiger partial charge in [0.25, 0.3) is 5.91 Å². The van der Waals surface area contributed by atoms with E-state index in [2.05, 4.69) is 22.3 Å². The van der Waals surface area contributed by atoms with Crippen molar-refractivity contribution < 1.29 is 9.32 Å². The topological polar surface area (TPSA) is 75.0 Å². The number of H-pyrrole nitrogens is 1. The van der Waals surface area contributed by atoms with Crippen LogP contribution in [0.3, 0.4) is 0 Å². The predicted octanol–water partition coefficient (Wildman–Crippen LogP) is 3.77. The number of rotatable bonds is 3. The minimum absolute atomic E-state index is 0.0311. The van der Waals surface area contributed by atoms with Crippen LogP contribution in [0.2, 0.25) is 0 Å². The van der Waals surface area contributed by atoms with Crippen molar-refractivity contribution in [3.05, 3.63) is 35.0 Å². The normalized spacial score (nSPS) is 22.3. The molecular weight excluding hydrogens is 316 g/mol. The highest BCUT2D eigenvalue weighted by Gasteiger charge is 2.30. The third-order valence-electron chi connectivity index (χ3n) is 5.75. The predicted molar refractivity (Wildman–Crippen MR) is 93.5 cm³/mol. The summed E-state index contributed by atoms with van der Waals surface area (Å²) in [5.74, 6) is 1.14. The van der Waals surface area contributed by atoms with Crippen LogP contribution >= 0.6 is 0 Å². The Balaban J connectivity index is 1.45. The second-order valence-corrected chi connectivity index (χ2v) is 7.51. The first-order valence-electron chi connectivity index (χ1n) is 9.48. The second-order valence-electron chi connectivity index (χ2n) is 7.51. The number of aromatic nitrogens is 3. The van der Waals surface area contributed by atoms with Crippen LogP contribution in [0.4, 0.5) is 0 Å². The van der Waals surface area contributed by atoms with Gasteiger partial charge in [0.15, 0.2) is 0 Å². The van der Waals surface area contributed by atoms with Gasteiger partial charge >= 0.3 is 0 Å². The Morgan fingerprint density at radius 2 is 2.00 bits per heavy atom. The number of piperidine rings is 1. The lowest BCUT2D eigenvalue weighted by atomic mass is 9.87. The summed E-state index contributed by atoms with van der Waals surface area (Å²) >= 11 is 0. The lowest BCUT2D eigenvalue weighted by molar-refractivity contribution is 0.0663. The molecule has 134 valence electrons. The molecule has 1 saturated carbocycles. The fourth-order valence-corrected chi connectivity index (χ4v) is 4.30. The lowest BCUT2D eigenvalue weighted by Crippen LogP contribution is -2.39. The van der Waals surface area contributed by atoms with Crippen molar-refractivity contribution in [2.24, 2.45) is 0 Å². The van der Waals surface area contributed by atoms with Crippen LogP contribution in [0.25, 0.3) is 0 Å². The lowest BCUT2D eigenvalue weighted by Gasteiger charge is -2.31. The molecule has 1 saturated heterocycles. The molecule has 1 N–H and O–H groups in total. The van der Waals surface area contributed by atoms with E-state index in [0.29, 0.717) is 24.1 Å². The van der Waals surface area contributed by atoms with Crippen molar-refractivity contribution in [1.29, 1.82) is 0 Å². The Morgan fingerprint density at radius 1 is 1.20 bits per heavy atom. The van der Waals surface area contributed by atoms with Gasteiger partial charge in [-0.25, -0.2) is 0 Å². The number of likely N-dealkylation sites (tertiary alicyclic amines) is 1. The summed E-state index contributed by atoms with van der Waals surface area (Å²) in [4.78, 5) is 14.8. The Bertz CT molecular complexity index is 729. The molecule has 25 heavy (non-hydrogen) atoms. The average Bonchev–Trinajstić information content (AvgIpc) is 3.31. The molecule has 1 aliphatic carbocycles. The van der Waals surface area contributed by atoms with Crippen molar-refractivity contribution in [3.63, 3.8) is 0 Å². The molecule has 2 aliphatic rings. The quantitative estimate of drug-likeness (QED) is 0.921. The van der Waals surface area contributed by atoms with Gasteiger partial charge < -0.3 is 9.42 Å². The van der Waals surface area contributed by atoms with E-state index in [9.17, 15) is 4.79 Å². The van der Waals surface area contributed by atoms with E-state index in [0.717, 1.165) is 43.6 Å². The molecule has 0 spiro atoms. The number of hydrogen-bond acceptors (Lipinski definition) is 4. The largest absolute Gasteiger partial charge is 0.351 e. The molecule has 4 rings (SSSR count). The third-order valence-corrected chi connectivity index (χ3v) is 5.75. The van der Waals surface area contributed by atoms with Gasteiger partial charge in [-0.2, -0.15) is 5.10 Å². The maximum atomic E-state index is 12.9. The molecule has 6 heteroatoms. The zero-order chi connectivity index (χ0) is 17.2. The van der Waals surface area contributed by atoms with E-state index in [1.807, 2.05) is 17.2 Å². The fourth-order valence-electron chi connectivity index (χ4n) is 4.30. The minimum atomic E-state index is -0.0311. The van der Waals surface area contributed by atoms with Crippen molar-refractivity contribution >= 4 is 5.91 Å². The van der Waals surface area contributed by atoms with Crippen LogP contribution in [0, 0.1) is 6.92 Å². The molecule has 2 aromatic heterocycles. The highest BCUT2D eigenvalue weighted by molar-refractivity contribution is 5.91. The summed E-state index contributed by atoms with van der Waals surface area (Å²) in [5.41, 5.74) is 3.28. The Hall–Kier alpha value is -2.11. The summed E-state index contributed by atoms with van der Waals surface area (Å²) in [7, 11) is 0. The fraction of sp³-hybridized carbons (Fsp3) is 0.632. The molecule has 1 amide bonds. The molecule has 1 aliphatic heterocycles. The number of carbonyl (C=O) groups excluding carboxylic acids is 1. The average molecular weight is 342 g/mol. The van der Waals surface area contributed by atoms with Crippen molar-refractivity contribution in [2.45, 2.75) is 63.7 Å². The second kappa shape index (κ2) is 7.02. The molecule has 0 radical (unpaired) electrons. The number of nitrogens with one attached hydrogen (secondary N) is 1. The van der Waals surface area contributed by atoms with Crippen LogP contribution in [0.15, 0.2) is 16.8 Å². The van der Waals surface area contributed by atoms with Crippen LogP contribution in [-0.4, -0.2) is 39.3 Å². The molecule has 0 aromatic carbocycles. The summed E-state index contributed by atoms with van der Waals surface area (Å²) in [6.07, 6.45) is 10.0. The molecule has 1 atom stereocenters. The minimum Gasteiger partial charge on any atom is -0.351 e. The number of amides is 1. The molecule has 0 unspecified atom stereocenters. The van der Waals surface area contributed by atoms with Gasteiger partial charge in [-0.15, -0.1) is 0 Å². The highest BCUT2D eigenvalue weighted by atomic mass is 16.5. The number of carbonyl (C=O) groups is 1. The number of aryl methyl sites for hydroxylation is 1. The van der Waals surface area contributed by atoms with Gasteiger partial charge in [-0.05, 0) is 38.2 Å². The van der Waals surface area contributed by atoms with Gasteiger partial charge in [0.1, 0.15) is 0 Å². The van der Waals surface area contributed by atoms with Crippen LogP contribution < -0.4 is 0 Å². The van der Waals surface area contributed by atoms with Crippen molar-refractivity contribution in [1.82, 2.24) is 20.3 Å².